The van der Waals surface area contributed by atoms with Gasteiger partial charge in [-0.3, -0.25) is 11.3 Å². The third-order valence-corrected chi connectivity index (χ3v) is 4.80. The second kappa shape index (κ2) is 6.47. The van der Waals surface area contributed by atoms with Crippen LogP contribution in [0.2, 0.25) is 0 Å². The van der Waals surface area contributed by atoms with Gasteiger partial charge in [0, 0.05) is 9.35 Å². The maximum absolute atomic E-state index is 13.6. The summed E-state index contributed by atoms with van der Waals surface area (Å²) in [5, 5.41) is 1.98. The molecular weight excluding hydrogens is 331 g/mol. The highest BCUT2D eigenvalue weighted by atomic mass is 79.9. The van der Waals surface area contributed by atoms with Crippen LogP contribution in [0.5, 0.6) is 5.75 Å². The largest absolute Gasteiger partial charge is 0.494 e. The van der Waals surface area contributed by atoms with Crippen molar-refractivity contribution in [3.8, 4) is 5.75 Å². The van der Waals surface area contributed by atoms with Gasteiger partial charge in [0.25, 0.3) is 0 Å². The van der Waals surface area contributed by atoms with Crippen LogP contribution in [0.3, 0.4) is 0 Å². The Labute approximate surface area is 123 Å². The number of halogens is 2. The zero-order valence-corrected chi connectivity index (χ0v) is 12.7. The highest BCUT2D eigenvalue weighted by Gasteiger charge is 2.16. The van der Waals surface area contributed by atoms with Crippen LogP contribution >= 0.6 is 27.3 Å². The van der Waals surface area contributed by atoms with Crippen molar-refractivity contribution in [2.24, 2.45) is 5.84 Å². The predicted octanol–water partition coefficient (Wildman–Crippen LogP) is 3.41. The number of nitrogens with one attached hydrogen (secondary N) is 1. The van der Waals surface area contributed by atoms with E-state index in [0.717, 1.165) is 14.9 Å². The zero-order chi connectivity index (χ0) is 13.8. The van der Waals surface area contributed by atoms with Crippen molar-refractivity contribution in [3.05, 3.63) is 50.4 Å². The van der Waals surface area contributed by atoms with E-state index in [-0.39, 0.29) is 17.6 Å². The fourth-order valence-corrected chi connectivity index (χ4v) is 3.56. The van der Waals surface area contributed by atoms with Crippen LogP contribution in [0.1, 0.15) is 16.5 Å². The van der Waals surface area contributed by atoms with Gasteiger partial charge in [0.15, 0.2) is 11.6 Å². The summed E-state index contributed by atoms with van der Waals surface area (Å²) in [5.41, 5.74) is 3.63. The summed E-state index contributed by atoms with van der Waals surface area (Å²) in [4.78, 5) is 1.10. The van der Waals surface area contributed by atoms with Crippen LogP contribution in [0.15, 0.2) is 34.1 Å². The molecule has 1 aromatic carbocycles. The predicted molar refractivity (Wildman–Crippen MR) is 78.7 cm³/mol. The van der Waals surface area contributed by atoms with E-state index in [0.29, 0.717) is 6.42 Å². The second-order valence-corrected chi connectivity index (χ2v) is 5.83. The van der Waals surface area contributed by atoms with Crippen molar-refractivity contribution in [2.75, 3.05) is 7.11 Å². The topological polar surface area (TPSA) is 47.3 Å². The van der Waals surface area contributed by atoms with Crippen molar-refractivity contribution in [3.63, 3.8) is 0 Å². The minimum atomic E-state index is -0.360. The molecule has 0 radical (unpaired) electrons. The van der Waals surface area contributed by atoms with E-state index in [9.17, 15) is 4.39 Å². The minimum absolute atomic E-state index is 0.0535. The number of benzene rings is 1. The number of thiophene rings is 1. The van der Waals surface area contributed by atoms with Crippen LogP contribution in [0.4, 0.5) is 4.39 Å². The molecule has 0 saturated carbocycles. The number of hydrogen-bond donors (Lipinski definition) is 2. The van der Waals surface area contributed by atoms with E-state index in [1.807, 2.05) is 17.5 Å². The molecule has 0 bridgehead atoms. The fourth-order valence-electron chi connectivity index (χ4n) is 1.85. The Bertz CT molecular complexity index is 561. The molecule has 0 aliphatic rings. The van der Waals surface area contributed by atoms with E-state index < -0.39 is 0 Å². The number of rotatable bonds is 5. The Morgan fingerprint density at radius 1 is 1.47 bits per heavy atom. The first-order valence-electron chi connectivity index (χ1n) is 5.67. The molecule has 0 saturated heterocycles. The number of methoxy groups -OCH3 is 1. The lowest BCUT2D eigenvalue weighted by molar-refractivity contribution is 0.386. The Morgan fingerprint density at radius 2 is 2.26 bits per heavy atom. The molecule has 0 aliphatic carbocycles. The van der Waals surface area contributed by atoms with Gasteiger partial charge in [-0.15, -0.1) is 11.3 Å². The number of ether oxygens (including phenoxy) is 1. The van der Waals surface area contributed by atoms with Crippen LogP contribution in [0.25, 0.3) is 0 Å². The monoisotopic (exact) mass is 344 g/mol. The lowest BCUT2D eigenvalue weighted by atomic mass is 10.0. The second-order valence-electron chi connectivity index (χ2n) is 4.03. The van der Waals surface area contributed by atoms with Gasteiger partial charge in [0.05, 0.1) is 13.2 Å². The Balaban J connectivity index is 2.19. The van der Waals surface area contributed by atoms with E-state index in [1.54, 1.807) is 17.4 Å². The van der Waals surface area contributed by atoms with Crippen LogP contribution in [0, 0.1) is 5.82 Å². The van der Waals surface area contributed by atoms with Gasteiger partial charge in [0.2, 0.25) is 0 Å². The number of hydrogen-bond acceptors (Lipinski definition) is 4. The average Bonchev–Trinajstić information content (AvgIpc) is 2.82. The molecule has 102 valence electrons. The smallest absolute Gasteiger partial charge is 0.165 e. The Hall–Kier alpha value is -0.950. The molecule has 0 amide bonds. The molecule has 2 aromatic rings. The summed E-state index contributed by atoms with van der Waals surface area (Å²) < 4.78 is 19.6. The first-order valence-corrected chi connectivity index (χ1v) is 7.34. The SMILES string of the molecule is COc1ccc(CC(NN)c2sccc2Br)cc1F. The van der Waals surface area contributed by atoms with Crippen molar-refractivity contribution < 1.29 is 9.13 Å². The van der Waals surface area contributed by atoms with Gasteiger partial charge in [-0.05, 0) is 51.5 Å². The van der Waals surface area contributed by atoms with Gasteiger partial charge in [-0.25, -0.2) is 4.39 Å². The fraction of sp³-hybridized carbons (Fsp3) is 0.231. The zero-order valence-electron chi connectivity index (χ0n) is 10.3. The quantitative estimate of drug-likeness (QED) is 0.645. The van der Waals surface area contributed by atoms with Gasteiger partial charge in [-0.1, -0.05) is 6.07 Å². The molecule has 0 fully saturated rings. The van der Waals surface area contributed by atoms with Gasteiger partial charge >= 0.3 is 0 Å². The molecule has 1 unspecified atom stereocenters. The highest BCUT2D eigenvalue weighted by Crippen LogP contribution is 2.31. The van der Waals surface area contributed by atoms with Gasteiger partial charge in [-0.2, -0.15) is 0 Å². The molecule has 2 rings (SSSR count). The normalized spacial score (nSPS) is 12.4. The summed E-state index contributed by atoms with van der Waals surface area (Å²) in [7, 11) is 1.45. The molecule has 1 aromatic heterocycles. The Morgan fingerprint density at radius 3 is 2.79 bits per heavy atom. The van der Waals surface area contributed by atoms with Crippen molar-refractivity contribution >= 4 is 27.3 Å². The standard InChI is InChI=1S/C13H14BrFN2OS/c1-18-12-3-2-8(6-10(12)15)7-11(17-16)13-9(14)4-5-19-13/h2-6,11,17H,7,16H2,1H3. The van der Waals surface area contributed by atoms with E-state index in [4.69, 9.17) is 10.6 Å². The van der Waals surface area contributed by atoms with Gasteiger partial charge in [0.1, 0.15) is 0 Å². The molecule has 0 spiro atoms. The molecule has 3 nitrogen and oxygen atoms in total. The molecule has 6 heteroatoms. The Kier molecular flexibility index (Phi) is 4.93. The van der Waals surface area contributed by atoms with Crippen molar-refractivity contribution in [1.82, 2.24) is 5.43 Å². The van der Waals surface area contributed by atoms with Gasteiger partial charge < -0.3 is 4.74 Å². The summed E-state index contributed by atoms with van der Waals surface area (Å²) in [5.74, 6) is 5.48. The summed E-state index contributed by atoms with van der Waals surface area (Å²) in [6.07, 6.45) is 0.608. The molecule has 3 N–H and O–H groups in total. The average molecular weight is 345 g/mol. The van der Waals surface area contributed by atoms with E-state index >= 15 is 0 Å². The third-order valence-electron chi connectivity index (χ3n) is 2.82. The molecular formula is C13H14BrFN2OS. The van der Waals surface area contributed by atoms with Crippen LogP contribution in [-0.4, -0.2) is 7.11 Å². The number of nitrogens with two attached hydrogens (primary N) is 1. The van der Waals surface area contributed by atoms with Crippen molar-refractivity contribution in [1.29, 1.82) is 0 Å². The summed E-state index contributed by atoms with van der Waals surface area (Å²) in [6.45, 7) is 0. The highest BCUT2D eigenvalue weighted by molar-refractivity contribution is 9.10. The maximum Gasteiger partial charge on any atom is 0.165 e. The lowest BCUT2D eigenvalue weighted by Crippen LogP contribution is -2.29. The molecule has 0 aliphatic heterocycles. The van der Waals surface area contributed by atoms with Crippen LogP contribution < -0.4 is 16.0 Å². The first kappa shape index (κ1) is 14.5. The lowest BCUT2D eigenvalue weighted by Gasteiger charge is -2.15. The van der Waals surface area contributed by atoms with E-state index in [1.165, 1.54) is 13.2 Å². The minimum Gasteiger partial charge on any atom is -0.494 e. The van der Waals surface area contributed by atoms with Crippen LogP contribution in [-0.2, 0) is 6.42 Å². The maximum atomic E-state index is 13.6. The summed E-state index contributed by atoms with van der Waals surface area (Å²) >= 11 is 5.08. The molecule has 1 heterocycles. The first-order chi connectivity index (χ1) is 9.15. The summed E-state index contributed by atoms with van der Waals surface area (Å²) in [6, 6.07) is 6.86. The third kappa shape index (κ3) is 3.33. The molecule has 1 atom stereocenters. The number of hydrazine groups is 1. The van der Waals surface area contributed by atoms with Crippen molar-refractivity contribution in [2.45, 2.75) is 12.5 Å². The molecule has 19 heavy (non-hydrogen) atoms. The van der Waals surface area contributed by atoms with E-state index in [2.05, 4.69) is 21.4 Å².